The quantitative estimate of drug-likeness (QED) is 0.868. The van der Waals surface area contributed by atoms with Crippen molar-refractivity contribution < 1.29 is 0 Å². The summed E-state index contributed by atoms with van der Waals surface area (Å²) in [5.74, 6) is 1.43. The van der Waals surface area contributed by atoms with Gasteiger partial charge in [0.2, 0.25) is 0 Å². The maximum Gasteiger partial charge on any atom is 0.184 e. The molecule has 3 rings (SSSR count). The summed E-state index contributed by atoms with van der Waals surface area (Å²) in [6.07, 6.45) is 2.51. The van der Waals surface area contributed by atoms with Gasteiger partial charge in [0.1, 0.15) is 0 Å². The maximum atomic E-state index is 6.11. The molecule has 0 saturated heterocycles. The summed E-state index contributed by atoms with van der Waals surface area (Å²) in [7, 11) is 0. The second-order valence-corrected chi connectivity index (χ2v) is 6.22. The molecule has 0 bridgehead atoms. The first-order valence-electron chi connectivity index (χ1n) is 7.15. The normalized spacial score (nSPS) is 16.6. The fraction of sp³-hybridized carbons (Fsp3) is 0.533. The van der Waals surface area contributed by atoms with E-state index in [1.54, 1.807) is 0 Å². The average molecular weight is 271 g/mol. The fourth-order valence-electron chi connectivity index (χ4n) is 2.86. The molecule has 1 aliphatic rings. The van der Waals surface area contributed by atoms with Crippen molar-refractivity contribution in [3.05, 3.63) is 23.8 Å². The number of benzene rings is 1. The van der Waals surface area contributed by atoms with E-state index in [1.807, 2.05) is 29.8 Å². The highest BCUT2D eigenvalue weighted by molar-refractivity contribution is 5.74. The Morgan fingerprint density at radius 2 is 2.10 bits per heavy atom. The van der Waals surface area contributed by atoms with Gasteiger partial charge in [-0.3, -0.25) is 0 Å². The first-order valence-corrected chi connectivity index (χ1v) is 7.15. The van der Waals surface area contributed by atoms with Crippen LogP contribution in [0, 0.1) is 18.3 Å². The first-order chi connectivity index (χ1) is 9.53. The van der Waals surface area contributed by atoms with Gasteiger partial charge in [0, 0.05) is 11.3 Å². The van der Waals surface area contributed by atoms with Crippen molar-refractivity contribution in [2.75, 3.05) is 5.73 Å². The number of nitrogens with zero attached hydrogens (tertiary/aromatic N) is 4. The van der Waals surface area contributed by atoms with Crippen LogP contribution < -0.4 is 5.73 Å². The molecular formula is C15H21N5. The van der Waals surface area contributed by atoms with E-state index in [-0.39, 0.29) is 0 Å². The molecule has 0 unspecified atom stereocenters. The van der Waals surface area contributed by atoms with Crippen LogP contribution in [0.15, 0.2) is 18.2 Å². The smallest absolute Gasteiger partial charge is 0.184 e. The van der Waals surface area contributed by atoms with Gasteiger partial charge in [0.25, 0.3) is 0 Å². The predicted octanol–water partition coefficient (Wildman–Crippen LogP) is 2.67. The molecule has 0 atom stereocenters. The molecular weight excluding hydrogens is 250 g/mol. The van der Waals surface area contributed by atoms with Crippen LogP contribution in [-0.4, -0.2) is 20.2 Å². The summed E-state index contributed by atoms with van der Waals surface area (Å²) in [6, 6.07) is 5.90. The number of rotatable bonds is 4. The number of tetrazole rings is 1. The van der Waals surface area contributed by atoms with Crippen LogP contribution in [-0.2, 0) is 6.54 Å². The van der Waals surface area contributed by atoms with Gasteiger partial charge < -0.3 is 5.73 Å². The number of hydrogen-bond donors (Lipinski definition) is 1. The second kappa shape index (κ2) is 4.58. The Morgan fingerprint density at radius 3 is 2.70 bits per heavy atom. The van der Waals surface area contributed by atoms with E-state index in [1.165, 1.54) is 12.8 Å². The minimum atomic E-state index is 0.363. The molecule has 1 aliphatic carbocycles. The number of nitrogens with two attached hydrogens (primary N) is 1. The highest BCUT2D eigenvalue weighted by Gasteiger charge is 2.46. The Kier molecular flexibility index (Phi) is 3.00. The SMILES string of the molecule is Cc1cccc(N)c1-c1nnnn1CC1(C(C)C)CC1. The monoisotopic (exact) mass is 271 g/mol. The molecule has 0 aliphatic heterocycles. The first kappa shape index (κ1) is 13.1. The predicted molar refractivity (Wildman–Crippen MR) is 78.9 cm³/mol. The van der Waals surface area contributed by atoms with E-state index >= 15 is 0 Å². The van der Waals surface area contributed by atoms with Crippen molar-refractivity contribution in [2.24, 2.45) is 11.3 Å². The summed E-state index contributed by atoms with van der Waals surface area (Å²) in [5, 5.41) is 12.2. The molecule has 20 heavy (non-hydrogen) atoms. The van der Waals surface area contributed by atoms with Crippen molar-refractivity contribution in [1.82, 2.24) is 20.2 Å². The molecule has 2 aromatic rings. The zero-order valence-electron chi connectivity index (χ0n) is 12.3. The fourth-order valence-corrected chi connectivity index (χ4v) is 2.86. The van der Waals surface area contributed by atoms with Gasteiger partial charge in [-0.15, -0.1) is 5.10 Å². The summed E-state index contributed by atoms with van der Waals surface area (Å²) < 4.78 is 1.92. The summed E-state index contributed by atoms with van der Waals surface area (Å²) in [6.45, 7) is 7.47. The van der Waals surface area contributed by atoms with E-state index in [2.05, 4.69) is 29.4 Å². The van der Waals surface area contributed by atoms with E-state index < -0.39 is 0 Å². The van der Waals surface area contributed by atoms with Gasteiger partial charge >= 0.3 is 0 Å². The minimum Gasteiger partial charge on any atom is -0.398 e. The lowest BCUT2D eigenvalue weighted by molar-refractivity contribution is 0.294. The molecule has 5 heteroatoms. The van der Waals surface area contributed by atoms with Gasteiger partial charge in [-0.05, 0) is 53.2 Å². The Balaban J connectivity index is 1.99. The Morgan fingerprint density at radius 1 is 1.35 bits per heavy atom. The summed E-state index contributed by atoms with van der Waals surface area (Å²) in [5.41, 5.74) is 9.27. The molecule has 1 aromatic heterocycles. The number of aryl methyl sites for hydroxylation is 1. The summed E-state index contributed by atoms with van der Waals surface area (Å²) >= 11 is 0. The van der Waals surface area contributed by atoms with Crippen LogP contribution in [0.5, 0.6) is 0 Å². The van der Waals surface area contributed by atoms with Crippen LogP contribution in [0.1, 0.15) is 32.3 Å². The molecule has 106 valence electrons. The van der Waals surface area contributed by atoms with Crippen LogP contribution in [0.25, 0.3) is 11.4 Å². The van der Waals surface area contributed by atoms with E-state index in [0.717, 1.165) is 29.2 Å². The Labute approximate surface area is 119 Å². The third-order valence-electron chi connectivity index (χ3n) is 4.64. The molecule has 1 fully saturated rings. The molecule has 5 nitrogen and oxygen atoms in total. The lowest BCUT2D eigenvalue weighted by Gasteiger charge is -2.20. The molecule has 1 saturated carbocycles. The van der Waals surface area contributed by atoms with Crippen molar-refractivity contribution in [3.63, 3.8) is 0 Å². The van der Waals surface area contributed by atoms with Gasteiger partial charge in [-0.25, -0.2) is 4.68 Å². The van der Waals surface area contributed by atoms with Crippen LogP contribution in [0.3, 0.4) is 0 Å². The molecule has 2 N–H and O–H groups in total. The highest BCUT2D eigenvalue weighted by atomic mass is 15.5. The molecule has 0 spiro atoms. The van der Waals surface area contributed by atoms with Gasteiger partial charge in [0.05, 0.1) is 6.54 Å². The van der Waals surface area contributed by atoms with E-state index in [0.29, 0.717) is 11.3 Å². The lowest BCUT2D eigenvalue weighted by Crippen LogP contribution is -2.19. The third kappa shape index (κ3) is 2.07. The molecule has 0 amide bonds. The topological polar surface area (TPSA) is 69.6 Å². The van der Waals surface area contributed by atoms with Gasteiger partial charge in [0.15, 0.2) is 5.82 Å². The molecule has 0 radical (unpaired) electrons. The third-order valence-corrected chi connectivity index (χ3v) is 4.64. The number of anilines is 1. The van der Waals surface area contributed by atoms with Crippen LogP contribution >= 0.6 is 0 Å². The largest absolute Gasteiger partial charge is 0.398 e. The molecule has 1 aromatic carbocycles. The minimum absolute atomic E-state index is 0.363. The highest BCUT2D eigenvalue weighted by Crippen LogP contribution is 2.53. The zero-order chi connectivity index (χ0) is 14.3. The summed E-state index contributed by atoms with van der Waals surface area (Å²) in [4.78, 5) is 0. The van der Waals surface area contributed by atoms with Crippen LogP contribution in [0.2, 0.25) is 0 Å². The van der Waals surface area contributed by atoms with Crippen molar-refractivity contribution in [1.29, 1.82) is 0 Å². The van der Waals surface area contributed by atoms with E-state index in [4.69, 9.17) is 5.73 Å². The maximum absolute atomic E-state index is 6.11. The van der Waals surface area contributed by atoms with Crippen LogP contribution in [0.4, 0.5) is 5.69 Å². The lowest BCUT2D eigenvalue weighted by atomic mass is 9.92. The standard InChI is InChI=1S/C15H21N5/c1-10(2)15(7-8-15)9-20-14(17-18-19-20)13-11(3)5-4-6-12(13)16/h4-6,10H,7-9,16H2,1-3H3. The second-order valence-electron chi connectivity index (χ2n) is 6.22. The number of hydrogen-bond acceptors (Lipinski definition) is 4. The Bertz CT molecular complexity index is 605. The van der Waals surface area contributed by atoms with Crippen molar-refractivity contribution in [3.8, 4) is 11.4 Å². The number of nitrogen functional groups attached to an aromatic ring is 1. The average Bonchev–Trinajstić information content (AvgIpc) is 3.04. The van der Waals surface area contributed by atoms with Gasteiger partial charge in [-0.1, -0.05) is 26.0 Å². The van der Waals surface area contributed by atoms with Crippen molar-refractivity contribution >= 4 is 5.69 Å². The molecule has 1 heterocycles. The zero-order valence-corrected chi connectivity index (χ0v) is 12.3. The van der Waals surface area contributed by atoms with E-state index in [9.17, 15) is 0 Å². The Hall–Kier alpha value is -1.91. The van der Waals surface area contributed by atoms with Crippen molar-refractivity contribution in [2.45, 2.75) is 40.2 Å². The number of aromatic nitrogens is 4. The van der Waals surface area contributed by atoms with Gasteiger partial charge in [-0.2, -0.15) is 0 Å².